The van der Waals surface area contributed by atoms with Crippen LogP contribution in [-0.4, -0.2) is 44.4 Å². The minimum absolute atomic E-state index is 0.102. The highest BCUT2D eigenvalue weighted by Gasteiger charge is 2.32. The van der Waals surface area contributed by atoms with Gasteiger partial charge in [0.25, 0.3) is 0 Å². The topological polar surface area (TPSA) is 92.7 Å². The van der Waals surface area contributed by atoms with Crippen molar-refractivity contribution in [2.24, 2.45) is 5.41 Å². The maximum Gasteiger partial charge on any atom is 0.224 e. The molecule has 2 rings (SSSR count). The van der Waals surface area contributed by atoms with E-state index < -0.39 is 5.41 Å². The zero-order valence-corrected chi connectivity index (χ0v) is 17.9. The first-order chi connectivity index (χ1) is 12.5. The predicted molar refractivity (Wildman–Crippen MR) is 108 cm³/mol. The lowest BCUT2D eigenvalue weighted by molar-refractivity contribution is -0.125. The molecule has 1 aliphatic heterocycles. The lowest BCUT2D eigenvalue weighted by atomic mass is 9.90. The zero-order valence-electron chi connectivity index (χ0n) is 17.9. The summed E-state index contributed by atoms with van der Waals surface area (Å²) in [5.41, 5.74) is 0.269. The van der Waals surface area contributed by atoms with Crippen molar-refractivity contribution in [3.8, 4) is 0 Å². The molecule has 0 unspecified atom stereocenters. The Hall–Kier alpha value is -1.53. The van der Waals surface area contributed by atoms with E-state index in [4.69, 9.17) is 5.11 Å². The molecule has 1 saturated heterocycles. The van der Waals surface area contributed by atoms with E-state index in [9.17, 15) is 14.4 Å². The number of aldehydes is 2. The Morgan fingerprint density at radius 1 is 1.08 bits per heavy atom. The van der Waals surface area contributed by atoms with Gasteiger partial charge in [-0.05, 0) is 26.2 Å². The molecule has 2 fully saturated rings. The Bertz CT molecular complexity index is 311. The summed E-state index contributed by atoms with van der Waals surface area (Å²) in [4.78, 5) is 30.9. The second-order valence-electron chi connectivity index (χ2n) is 4.91. The fourth-order valence-electron chi connectivity index (χ4n) is 1.88. The van der Waals surface area contributed by atoms with Gasteiger partial charge in [0.15, 0.2) is 0 Å². The number of methoxy groups -OCH3 is 1. The summed E-state index contributed by atoms with van der Waals surface area (Å²) in [6.07, 6.45) is 6.62. The summed E-state index contributed by atoms with van der Waals surface area (Å²) < 4.78 is 4.54. The van der Waals surface area contributed by atoms with Gasteiger partial charge in [0.2, 0.25) is 5.91 Å². The molecule has 0 bridgehead atoms. The predicted octanol–water partition coefficient (Wildman–Crippen LogP) is 3.67. The van der Waals surface area contributed by atoms with Crippen molar-refractivity contribution in [3.05, 3.63) is 12.3 Å². The maximum atomic E-state index is 10.3. The highest BCUT2D eigenvalue weighted by atomic mass is 16.5. The molecular weight excluding hydrogens is 334 g/mol. The van der Waals surface area contributed by atoms with Crippen LogP contribution in [0.4, 0.5) is 0 Å². The Morgan fingerprint density at radius 3 is 1.58 bits per heavy atom. The van der Waals surface area contributed by atoms with Gasteiger partial charge in [-0.3, -0.25) is 4.79 Å². The second-order valence-corrected chi connectivity index (χ2v) is 4.91. The van der Waals surface area contributed by atoms with Crippen molar-refractivity contribution in [1.82, 2.24) is 5.32 Å². The first-order valence-electron chi connectivity index (χ1n) is 9.37. The molecule has 1 saturated carbocycles. The molecule has 1 heterocycles. The minimum Gasteiger partial charge on any atom is -0.400 e. The minimum atomic E-state index is -0.583. The Morgan fingerprint density at radius 2 is 1.46 bits per heavy atom. The number of nitrogens with one attached hydrogen (secondary N) is 1. The number of ether oxygens (including phenoxy) is 1. The van der Waals surface area contributed by atoms with E-state index in [0.717, 1.165) is 64.1 Å². The number of rotatable bonds is 3. The summed E-state index contributed by atoms with van der Waals surface area (Å²) >= 11 is 0. The van der Waals surface area contributed by atoms with Crippen LogP contribution in [0, 0.1) is 5.41 Å². The third-order valence-corrected chi connectivity index (χ3v) is 3.26. The number of carbonyl (C=O) groups is 3. The van der Waals surface area contributed by atoms with E-state index in [0.29, 0.717) is 6.42 Å². The van der Waals surface area contributed by atoms with Crippen LogP contribution < -0.4 is 5.32 Å². The molecule has 2 aliphatic rings. The third-order valence-electron chi connectivity index (χ3n) is 3.26. The van der Waals surface area contributed by atoms with Crippen LogP contribution in [0.15, 0.2) is 12.3 Å². The number of hydrogen-bond acceptors (Lipinski definition) is 5. The SMILES string of the molecule is C=C1CCC(=O)N1.CC.CC.CCOC.CO.O=CC1(C=O)CCCC1. The van der Waals surface area contributed by atoms with Crippen molar-refractivity contribution in [3.63, 3.8) is 0 Å². The van der Waals surface area contributed by atoms with Gasteiger partial charge in [-0.2, -0.15) is 0 Å². The Labute approximate surface area is 160 Å². The van der Waals surface area contributed by atoms with Crippen molar-refractivity contribution < 1.29 is 24.2 Å². The van der Waals surface area contributed by atoms with Crippen molar-refractivity contribution in [1.29, 1.82) is 0 Å². The molecule has 0 aromatic rings. The summed E-state index contributed by atoms with van der Waals surface area (Å²) in [7, 11) is 2.68. The molecule has 26 heavy (non-hydrogen) atoms. The smallest absolute Gasteiger partial charge is 0.224 e. The largest absolute Gasteiger partial charge is 0.400 e. The molecule has 0 spiro atoms. The van der Waals surface area contributed by atoms with Gasteiger partial charge in [0.05, 0.1) is 5.41 Å². The van der Waals surface area contributed by atoms with Crippen LogP contribution in [0.3, 0.4) is 0 Å². The monoisotopic (exact) mass is 375 g/mol. The number of allylic oxidation sites excluding steroid dienone is 1. The van der Waals surface area contributed by atoms with Crippen LogP contribution in [0.1, 0.15) is 73.1 Å². The molecule has 6 heteroatoms. The average Bonchev–Trinajstić information content (AvgIpc) is 3.36. The summed E-state index contributed by atoms with van der Waals surface area (Å²) in [5.74, 6) is 0.102. The van der Waals surface area contributed by atoms with Crippen LogP contribution in [0.5, 0.6) is 0 Å². The van der Waals surface area contributed by atoms with Crippen LogP contribution in [0.2, 0.25) is 0 Å². The quantitative estimate of drug-likeness (QED) is 0.580. The molecule has 1 aliphatic carbocycles. The molecule has 0 radical (unpaired) electrons. The number of aliphatic hydroxyl groups excluding tert-OH is 1. The number of hydrogen-bond donors (Lipinski definition) is 2. The van der Waals surface area contributed by atoms with Gasteiger partial charge >= 0.3 is 0 Å². The standard InChI is InChI=1S/C7H10O2.C5H7NO.C3H8O.2C2H6.CH4O/c8-5-7(6-9)3-1-2-4-7;1-4-2-3-5(7)6-4;1-3-4-2;3*1-2/h5-6H,1-4H2;1-3H2,(H,6,7);3H2,1-2H3;2*1-2H3;2H,1H3. The van der Waals surface area contributed by atoms with Crippen molar-refractivity contribution in [2.45, 2.75) is 73.1 Å². The first-order valence-corrected chi connectivity index (χ1v) is 9.37. The number of aliphatic hydroxyl groups is 1. The molecule has 6 nitrogen and oxygen atoms in total. The summed E-state index contributed by atoms with van der Waals surface area (Å²) in [5, 5.41) is 9.58. The molecule has 2 N–H and O–H groups in total. The van der Waals surface area contributed by atoms with Crippen molar-refractivity contribution >= 4 is 18.5 Å². The van der Waals surface area contributed by atoms with E-state index in [2.05, 4.69) is 16.6 Å². The third kappa shape index (κ3) is 18.8. The summed E-state index contributed by atoms with van der Waals surface area (Å²) in [6.45, 7) is 14.4. The maximum absolute atomic E-state index is 10.3. The lowest BCUT2D eigenvalue weighted by Crippen LogP contribution is -2.19. The van der Waals surface area contributed by atoms with Gasteiger partial charge in [-0.1, -0.05) is 47.1 Å². The number of carbonyl (C=O) groups excluding carboxylic acids is 3. The van der Waals surface area contributed by atoms with Gasteiger partial charge in [0, 0.05) is 32.9 Å². The summed E-state index contributed by atoms with van der Waals surface area (Å²) in [6, 6.07) is 0. The molecule has 0 aromatic heterocycles. The zero-order chi connectivity index (χ0) is 21.4. The van der Waals surface area contributed by atoms with E-state index in [1.807, 2.05) is 34.6 Å². The molecule has 156 valence electrons. The van der Waals surface area contributed by atoms with E-state index >= 15 is 0 Å². The first kappa shape index (κ1) is 32.2. The van der Waals surface area contributed by atoms with Crippen LogP contribution >= 0.6 is 0 Å². The number of amides is 1. The molecular formula is C20H41NO5. The highest BCUT2D eigenvalue weighted by Crippen LogP contribution is 2.33. The van der Waals surface area contributed by atoms with E-state index in [1.165, 1.54) is 0 Å². The van der Waals surface area contributed by atoms with Gasteiger partial charge in [-0.25, -0.2) is 0 Å². The van der Waals surface area contributed by atoms with Gasteiger partial charge < -0.3 is 24.7 Å². The fraction of sp³-hybridized carbons (Fsp3) is 0.750. The molecule has 1 amide bonds. The van der Waals surface area contributed by atoms with Crippen molar-refractivity contribution in [2.75, 3.05) is 20.8 Å². The average molecular weight is 376 g/mol. The van der Waals surface area contributed by atoms with Crippen LogP contribution in [-0.2, 0) is 19.1 Å². The Balaban J connectivity index is -0.000000128. The highest BCUT2D eigenvalue weighted by molar-refractivity contribution is 5.83. The molecule has 0 atom stereocenters. The van der Waals surface area contributed by atoms with Gasteiger partial charge in [-0.15, -0.1) is 0 Å². The van der Waals surface area contributed by atoms with Crippen LogP contribution in [0.25, 0.3) is 0 Å². The van der Waals surface area contributed by atoms with E-state index in [-0.39, 0.29) is 5.91 Å². The second kappa shape index (κ2) is 25.7. The molecule has 0 aromatic carbocycles. The normalized spacial score (nSPS) is 15.4. The van der Waals surface area contributed by atoms with Gasteiger partial charge in [0.1, 0.15) is 12.6 Å². The lowest BCUT2D eigenvalue weighted by Gasteiger charge is -2.10. The fourth-order valence-corrected chi connectivity index (χ4v) is 1.88. The van der Waals surface area contributed by atoms with E-state index in [1.54, 1.807) is 7.11 Å². The Kier molecular flexibility index (Phi) is 31.8.